The second kappa shape index (κ2) is 5.97. The van der Waals surface area contributed by atoms with Crippen molar-refractivity contribution in [3.05, 3.63) is 23.8 Å². The summed E-state index contributed by atoms with van der Waals surface area (Å²) in [7, 11) is 2.84. The average molecular weight is 226 g/mol. The van der Waals surface area contributed by atoms with Gasteiger partial charge in [-0.3, -0.25) is 0 Å². The first-order chi connectivity index (χ1) is 7.67. The minimum Gasteiger partial charge on any atom is -0.508 e. The summed E-state index contributed by atoms with van der Waals surface area (Å²) in [6.07, 6.45) is 0. The van der Waals surface area contributed by atoms with Gasteiger partial charge in [0.2, 0.25) is 0 Å². The van der Waals surface area contributed by atoms with Crippen molar-refractivity contribution in [3.8, 4) is 11.5 Å². The fourth-order valence-corrected chi connectivity index (χ4v) is 1.15. The van der Waals surface area contributed by atoms with E-state index in [2.05, 4.69) is 4.74 Å². The van der Waals surface area contributed by atoms with E-state index in [0.717, 1.165) is 0 Å². The number of phenols is 1. The number of ether oxygens (including phenoxy) is 3. The van der Waals surface area contributed by atoms with Crippen LogP contribution in [0.5, 0.6) is 11.5 Å². The number of rotatable bonds is 5. The number of aromatic hydroxyl groups is 1. The fourth-order valence-electron chi connectivity index (χ4n) is 1.15. The van der Waals surface area contributed by atoms with Crippen molar-refractivity contribution in [2.24, 2.45) is 0 Å². The predicted molar refractivity (Wildman–Crippen MR) is 56.8 cm³/mol. The van der Waals surface area contributed by atoms with Crippen LogP contribution in [0.25, 0.3) is 0 Å². The van der Waals surface area contributed by atoms with Gasteiger partial charge in [0.25, 0.3) is 0 Å². The maximum Gasteiger partial charge on any atom is 0.338 e. The highest BCUT2D eigenvalue weighted by molar-refractivity contribution is 5.90. The lowest BCUT2D eigenvalue weighted by molar-refractivity contribution is 0.0599. The average Bonchev–Trinajstić information content (AvgIpc) is 2.27. The number of phenolic OH excluding ortho intramolecular Hbond substituents is 1. The molecular formula is C11H14O5. The molecule has 0 saturated carbocycles. The van der Waals surface area contributed by atoms with Crippen LogP contribution in [0.2, 0.25) is 0 Å². The van der Waals surface area contributed by atoms with Crippen molar-refractivity contribution >= 4 is 5.97 Å². The van der Waals surface area contributed by atoms with Crippen LogP contribution in [-0.2, 0) is 9.47 Å². The van der Waals surface area contributed by atoms with Crippen LogP contribution in [0.1, 0.15) is 10.4 Å². The Morgan fingerprint density at radius 2 is 2.00 bits per heavy atom. The number of hydrogen-bond donors (Lipinski definition) is 1. The highest BCUT2D eigenvalue weighted by atomic mass is 16.5. The van der Waals surface area contributed by atoms with Gasteiger partial charge in [0.15, 0.2) is 0 Å². The molecule has 1 aromatic carbocycles. The molecule has 0 amide bonds. The Kier molecular flexibility index (Phi) is 4.60. The van der Waals surface area contributed by atoms with E-state index in [0.29, 0.717) is 19.0 Å². The summed E-state index contributed by atoms with van der Waals surface area (Å²) in [4.78, 5) is 11.2. The van der Waals surface area contributed by atoms with E-state index in [-0.39, 0.29) is 11.3 Å². The number of methoxy groups -OCH3 is 2. The summed E-state index contributed by atoms with van der Waals surface area (Å²) in [5.74, 6) is -0.166. The topological polar surface area (TPSA) is 65.0 Å². The second-order valence-electron chi connectivity index (χ2n) is 3.05. The van der Waals surface area contributed by atoms with Gasteiger partial charge >= 0.3 is 5.97 Å². The Balaban J connectivity index is 2.77. The molecule has 0 radical (unpaired) electrons. The monoisotopic (exact) mass is 226 g/mol. The molecule has 1 aromatic rings. The molecule has 1 rings (SSSR count). The number of carbonyl (C=O) groups excluding carboxylic acids is 1. The van der Waals surface area contributed by atoms with Gasteiger partial charge in [-0.15, -0.1) is 0 Å². The van der Waals surface area contributed by atoms with Crippen LogP contribution in [-0.4, -0.2) is 38.5 Å². The lowest BCUT2D eigenvalue weighted by Gasteiger charge is -2.07. The summed E-state index contributed by atoms with van der Waals surface area (Å²) < 4.78 is 14.6. The van der Waals surface area contributed by atoms with Crippen molar-refractivity contribution in [1.29, 1.82) is 0 Å². The molecule has 0 aliphatic carbocycles. The molecule has 16 heavy (non-hydrogen) atoms. The Morgan fingerprint density at radius 3 is 2.62 bits per heavy atom. The van der Waals surface area contributed by atoms with Crippen LogP contribution in [0, 0.1) is 0 Å². The van der Waals surface area contributed by atoms with Gasteiger partial charge in [-0.05, 0) is 12.1 Å². The van der Waals surface area contributed by atoms with Crippen molar-refractivity contribution in [2.75, 3.05) is 27.4 Å². The minimum absolute atomic E-state index is 0.0460. The van der Waals surface area contributed by atoms with E-state index < -0.39 is 5.97 Å². The molecule has 5 heteroatoms. The SMILES string of the molecule is COCCOc1cc(O)cc(C(=O)OC)c1. The lowest BCUT2D eigenvalue weighted by atomic mass is 10.2. The van der Waals surface area contributed by atoms with Gasteiger partial charge in [0, 0.05) is 13.2 Å². The molecule has 0 spiro atoms. The zero-order valence-electron chi connectivity index (χ0n) is 9.23. The van der Waals surface area contributed by atoms with Gasteiger partial charge in [0.05, 0.1) is 19.3 Å². The summed E-state index contributed by atoms with van der Waals surface area (Å²) in [6.45, 7) is 0.782. The molecule has 0 heterocycles. The molecule has 0 fully saturated rings. The molecule has 0 aliphatic heterocycles. The predicted octanol–water partition coefficient (Wildman–Crippen LogP) is 1.20. The first-order valence-electron chi connectivity index (χ1n) is 4.71. The third kappa shape index (κ3) is 3.43. The molecule has 0 unspecified atom stereocenters. The van der Waals surface area contributed by atoms with Crippen molar-refractivity contribution < 1.29 is 24.1 Å². The van der Waals surface area contributed by atoms with E-state index in [1.54, 1.807) is 7.11 Å². The highest BCUT2D eigenvalue weighted by Crippen LogP contribution is 2.22. The van der Waals surface area contributed by atoms with E-state index in [1.165, 1.54) is 25.3 Å². The summed E-state index contributed by atoms with van der Waals surface area (Å²) in [5.41, 5.74) is 0.245. The number of benzene rings is 1. The van der Waals surface area contributed by atoms with E-state index in [9.17, 15) is 9.90 Å². The Bertz CT molecular complexity index is 361. The molecular weight excluding hydrogens is 212 g/mol. The zero-order valence-corrected chi connectivity index (χ0v) is 9.23. The number of esters is 1. The van der Waals surface area contributed by atoms with Gasteiger partial charge in [-0.1, -0.05) is 0 Å². The first-order valence-corrected chi connectivity index (χ1v) is 4.71. The van der Waals surface area contributed by atoms with Gasteiger partial charge in [0.1, 0.15) is 18.1 Å². The summed E-state index contributed by atoms with van der Waals surface area (Å²) in [5, 5.41) is 9.38. The van der Waals surface area contributed by atoms with Crippen molar-refractivity contribution in [2.45, 2.75) is 0 Å². The molecule has 0 aliphatic rings. The highest BCUT2D eigenvalue weighted by Gasteiger charge is 2.09. The third-order valence-electron chi connectivity index (χ3n) is 1.87. The Morgan fingerprint density at radius 1 is 1.25 bits per heavy atom. The molecule has 1 N–H and O–H groups in total. The maximum absolute atomic E-state index is 11.2. The standard InChI is InChI=1S/C11H14O5/c1-14-3-4-16-10-6-8(11(13)15-2)5-9(12)7-10/h5-7,12H,3-4H2,1-2H3. The van der Waals surface area contributed by atoms with Gasteiger partial charge in [-0.2, -0.15) is 0 Å². The largest absolute Gasteiger partial charge is 0.508 e. The van der Waals surface area contributed by atoms with Crippen molar-refractivity contribution in [3.63, 3.8) is 0 Å². The molecule has 0 atom stereocenters. The van der Waals surface area contributed by atoms with E-state index in [1.807, 2.05) is 0 Å². The number of hydrogen-bond acceptors (Lipinski definition) is 5. The zero-order chi connectivity index (χ0) is 12.0. The molecule has 0 aromatic heterocycles. The normalized spacial score (nSPS) is 9.88. The van der Waals surface area contributed by atoms with Crippen LogP contribution in [0.3, 0.4) is 0 Å². The van der Waals surface area contributed by atoms with Crippen molar-refractivity contribution in [1.82, 2.24) is 0 Å². The third-order valence-corrected chi connectivity index (χ3v) is 1.87. The first kappa shape index (κ1) is 12.3. The Hall–Kier alpha value is -1.75. The molecule has 5 nitrogen and oxygen atoms in total. The van der Waals surface area contributed by atoms with Gasteiger partial charge < -0.3 is 19.3 Å². The molecule has 88 valence electrons. The fraction of sp³-hybridized carbons (Fsp3) is 0.364. The van der Waals surface area contributed by atoms with Crippen LogP contribution in [0.4, 0.5) is 0 Å². The van der Waals surface area contributed by atoms with Crippen LogP contribution in [0.15, 0.2) is 18.2 Å². The summed E-state index contributed by atoms with van der Waals surface area (Å²) >= 11 is 0. The molecule has 0 saturated heterocycles. The lowest BCUT2D eigenvalue weighted by Crippen LogP contribution is -2.06. The Labute approximate surface area is 93.6 Å². The van der Waals surface area contributed by atoms with Crippen LogP contribution >= 0.6 is 0 Å². The number of carbonyl (C=O) groups is 1. The summed E-state index contributed by atoms with van der Waals surface area (Å²) in [6, 6.07) is 4.23. The van der Waals surface area contributed by atoms with Crippen LogP contribution < -0.4 is 4.74 Å². The van der Waals surface area contributed by atoms with Gasteiger partial charge in [-0.25, -0.2) is 4.79 Å². The maximum atomic E-state index is 11.2. The second-order valence-corrected chi connectivity index (χ2v) is 3.05. The quantitative estimate of drug-likeness (QED) is 0.603. The smallest absolute Gasteiger partial charge is 0.338 e. The van der Waals surface area contributed by atoms with E-state index in [4.69, 9.17) is 9.47 Å². The molecule has 0 bridgehead atoms. The minimum atomic E-state index is -0.521. The van der Waals surface area contributed by atoms with E-state index >= 15 is 0 Å².